The maximum absolute atomic E-state index is 12.6. The fraction of sp³-hybridized carbons (Fsp3) is 0.111. The van der Waals surface area contributed by atoms with Gasteiger partial charge in [-0.1, -0.05) is 35.6 Å². The van der Waals surface area contributed by atoms with Crippen molar-refractivity contribution < 1.29 is 17.9 Å². The number of thiazole rings is 1. The minimum atomic E-state index is -3.84. The lowest BCUT2D eigenvalue weighted by molar-refractivity contribution is 0.0601. The van der Waals surface area contributed by atoms with Gasteiger partial charge in [0, 0.05) is 6.54 Å². The molecule has 0 aliphatic carbocycles. The van der Waals surface area contributed by atoms with Crippen LogP contribution in [0, 0.1) is 0 Å². The summed E-state index contributed by atoms with van der Waals surface area (Å²) in [5, 5.41) is 0. The number of esters is 1. The van der Waals surface area contributed by atoms with Crippen LogP contribution in [-0.4, -0.2) is 26.1 Å². The molecule has 134 valence electrons. The number of carbonyl (C=O) groups excluding carboxylic acids is 1. The van der Waals surface area contributed by atoms with Crippen LogP contribution < -0.4 is 4.80 Å². The molecule has 0 unspecified atom stereocenters. The molecule has 3 aromatic rings. The van der Waals surface area contributed by atoms with Crippen molar-refractivity contribution >= 4 is 37.5 Å². The third kappa shape index (κ3) is 3.47. The van der Waals surface area contributed by atoms with E-state index in [2.05, 4.69) is 11.0 Å². The van der Waals surface area contributed by atoms with Gasteiger partial charge in [-0.15, -0.1) is 11.0 Å². The lowest BCUT2D eigenvalue weighted by Gasteiger charge is -2.03. The second kappa shape index (κ2) is 7.27. The monoisotopic (exact) mass is 388 g/mol. The van der Waals surface area contributed by atoms with Crippen molar-refractivity contribution in [1.29, 1.82) is 0 Å². The average molecular weight is 388 g/mol. The fourth-order valence-electron chi connectivity index (χ4n) is 2.44. The fourth-order valence-corrected chi connectivity index (χ4v) is 4.74. The molecule has 8 heteroatoms. The number of carbonyl (C=O) groups is 1. The molecule has 0 saturated heterocycles. The largest absolute Gasteiger partial charge is 0.465 e. The van der Waals surface area contributed by atoms with E-state index in [0.29, 0.717) is 16.9 Å². The van der Waals surface area contributed by atoms with E-state index in [0.717, 1.165) is 10.2 Å². The van der Waals surface area contributed by atoms with E-state index in [4.69, 9.17) is 4.74 Å². The SMILES string of the molecule is C=CCn1/c(=N/S(=O)(=O)c2ccccc2)sc2cc(C(=O)OC)ccc21. The lowest BCUT2D eigenvalue weighted by Crippen LogP contribution is -2.16. The smallest absolute Gasteiger partial charge is 0.337 e. The van der Waals surface area contributed by atoms with E-state index in [-0.39, 0.29) is 4.90 Å². The summed E-state index contributed by atoms with van der Waals surface area (Å²) >= 11 is 1.19. The zero-order chi connectivity index (χ0) is 18.7. The Labute approximate surface area is 154 Å². The van der Waals surface area contributed by atoms with Crippen LogP contribution >= 0.6 is 11.3 Å². The summed E-state index contributed by atoms with van der Waals surface area (Å²) in [6.45, 7) is 4.11. The number of fused-ring (bicyclic) bond motifs is 1. The highest BCUT2D eigenvalue weighted by molar-refractivity contribution is 7.90. The number of methoxy groups -OCH3 is 1. The van der Waals surface area contributed by atoms with Gasteiger partial charge in [-0.25, -0.2) is 4.79 Å². The zero-order valence-electron chi connectivity index (χ0n) is 14.0. The quantitative estimate of drug-likeness (QED) is 0.497. The van der Waals surface area contributed by atoms with Gasteiger partial charge in [0.25, 0.3) is 10.0 Å². The minimum Gasteiger partial charge on any atom is -0.465 e. The van der Waals surface area contributed by atoms with Crippen LogP contribution in [0.3, 0.4) is 0 Å². The predicted molar refractivity (Wildman–Crippen MR) is 101 cm³/mol. The van der Waals surface area contributed by atoms with Crippen molar-refractivity contribution in [2.45, 2.75) is 11.4 Å². The second-order valence-corrected chi connectivity index (χ2v) is 7.95. The van der Waals surface area contributed by atoms with E-state index in [1.165, 1.54) is 30.6 Å². The number of hydrogen-bond donors (Lipinski definition) is 0. The van der Waals surface area contributed by atoms with Crippen molar-refractivity contribution in [2.75, 3.05) is 7.11 Å². The van der Waals surface area contributed by atoms with Crippen LogP contribution in [0.15, 0.2) is 70.5 Å². The Bertz CT molecular complexity index is 1140. The molecule has 0 fully saturated rings. The molecule has 1 aromatic heterocycles. The summed E-state index contributed by atoms with van der Waals surface area (Å²) in [5.74, 6) is -0.453. The zero-order valence-corrected chi connectivity index (χ0v) is 15.6. The minimum absolute atomic E-state index is 0.123. The van der Waals surface area contributed by atoms with Crippen LogP contribution in [0.2, 0.25) is 0 Å². The van der Waals surface area contributed by atoms with Gasteiger partial charge in [0.15, 0.2) is 0 Å². The van der Waals surface area contributed by atoms with Crippen molar-refractivity contribution in [1.82, 2.24) is 4.57 Å². The summed E-state index contributed by atoms with van der Waals surface area (Å²) in [6.07, 6.45) is 1.66. The van der Waals surface area contributed by atoms with E-state index in [1.54, 1.807) is 47.0 Å². The lowest BCUT2D eigenvalue weighted by atomic mass is 10.2. The van der Waals surface area contributed by atoms with Gasteiger partial charge in [-0.05, 0) is 30.3 Å². The molecule has 0 bridgehead atoms. The van der Waals surface area contributed by atoms with E-state index < -0.39 is 16.0 Å². The number of hydrogen-bond acceptors (Lipinski definition) is 5. The standard InChI is InChI=1S/C18H16N2O4S2/c1-3-11-20-15-10-9-13(17(21)24-2)12-16(15)25-18(20)19-26(22,23)14-7-5-4-6-8-14/h3-10,12H,1,11H2,2H3/b19-18-. The molecule has 0 spiro atoms. The third-order valence-corrected chi connectivity index (χ3v) is 6.09. The highest BCUT2D eigenvalue weighted by atomic mass is 32.2. The van der Waals surface area contributed by atoms with Gasteiger partial charge in [0.2, 0.25) is 4.80 Å². The number of nitrogens with zero attached hydrogens (tertiary/aromatic N) is 2. The molecule has 1 heterocycles. The van der Waals surface area contributed by atoms with E-state index in [1.807, 2.05) is 0 Å². The Hall–Kier alpha value is -2.71. The average Bonchev–Trinajstić information content (AvgIpc) is 2.98. The van der Waals surface area contributed by atoms with Crippen molar-refractivity contribution in [2.24, 2.45) is 4.40 Å². The highest BCUT2D eigenvalue weighted by Crippen LogP contribution is 2.21. The molecule has 0 radical (unpaired) electrons. The molecule has 6 nitrogen and oxygen atoms in total. The summed E-state index contributed by atoms with van der Waals surface area (Å²) in [5.41, 5.74) is 1.16. The van der Waals surface area contributed by atoms with Gasteiger partial charge in [0.05, 0.1) is 27.8 Å². The Morgan fingerprint density at radius 1 is 1.27 bits per heavy atom. The first kappa shape index (κ1) is 18.1. The topological polar surface area (TPSA) is 77.7 Å². The molecule has 2 aromatic carbocycles. The molecular formula is C18H16N2O4S2. The Morgan fingerprint density at radius 3 is 2.65 bits per heavy atom. The van der Waals surface area contributed by atoms with Crippen LogP contribution in [0.4, 0.5) is 0 Å². The summed E-state index contributed by atoms with van der Waals surface area (Å²) in [6, 6.07) is 13.1. The summed E-state index contributed by atoms with van der Waals surface area (Å²) in [4.78, 5) is 12.2. The first-order valence-electron chi connectivity index (χ1n) is 7.65. The number of allylic oxidation sites excluding steroid dienone is 1. The maximum atomic E-state index is 12.6. The van der Waals surface area contributed by atoms with Gasteiger partial charge < -0.3 is 9.30 Å². The van der Waals surface area contributed by atoms with E-state index in [9.17, 15) is 13.2 Å². The molecule has 26 heavy (non-hydrogen) atoms. The molecule has 0 N–H and O–H groups in total. The summed E-state index contributed by atoms with van der Waals surface area (Å²) < 4.78 is 36.4. The van der Waals surface area contributed by atoms with Crippen LogP contribution in [0.1, 0.15) is 10.4 Å². The normalized spacial score (nSPS) is 12.3. The Kier molecular flexibility index (Phi) is 5.06. The van der Waals surface area contributed by atoms with Gasteiger partial charge in [0.1, 0.15) is 0 Å². The van der Waals surface area contributed by atoms with E-state index >= 15 is 0 Å². The first-order chi connectivity index (χ1) is 12.5. The molecule has 0 aliphatic rings. The number of rotatable bonds is 5. The van der Waals surface area contributed by atoms with Crippen LogP contribution in [-0.2, 0) is 21.3 Å². The molecule has 3 rings (SSSR count). The van der Waals surface area contributed by atoms with Gasteiger partial charge in [-0.2, -0.15) is 8.42 Å². The molecule has 0 atom stereocenters. The first-order valence-corrected chi connectivity index (χ1v) is 9.90. The predicted octanol–water partition coefficient (Wildman–Crippen LogP) is 2.97. The third-order valence-electron chi connectivity index (χ3n) is 3.65. The molecule has 0 amide bonds. The Morgan fingerprint density at radius 2 is 2.00 bits per heavy atom. The number of sulfonamides is 1. The van der Waals surface area contributed by atoms with Gasteiger partial charge >= 0.3 is 5.97 Å². The van der Waals surface area contributed by atoms with Gasteiger partial charge in [-0.3, -0.25) is 0 Å². The molecule has 0 saturated carbocycles. The Balaban J connectivity index is 2.23. The summed E-state index contributed by atoms with van der Waals surface area (Å²) in [7, 11) is -2.53. The number of benzene rings is 2. The van der Waals surface area contributed by atoms with Crippen molar-refractivity contribution in [3.63, 3.8) is 0 Å². The number of aromatic nitrogens is 1. The maximum Gasteiger partial charge on any atom is 0.337 e. The van der Waals surface area contributed by atoms with Crippen LogP contribution in [0.25, 0.3) is 10.2 Å². The van der Waals surface area contributed by atoms with Crippen LogP contribution in [0.5, 0.6) is 0 Å². The number of ether oxygens (including phenoxy) is 1. The molecular weight excluding hydrogens is 372 g/mol. The van der Waals surface area contributed by atoms with Crippen molar-refractivity contribution in [3.8, 4) is 0 Å². The second-order valence-electron chi connectivity index (χ2n) is 5.34. The molecule has 0 aliphatic heterocycles. The highest BCUT2D eigenvalue weighted by Gasteiger charge is 2.15. The van der Waals surface area contributed by atoms with Crippen molar-refractivity contribution in [3.05, 3.63) is 71.6 Å².